The molecule has 5 rings (SSSR count). The standard InChI is InChI=1S/C28H33F3N6O2/c1-18-4-5-22(32-27(38)37-7-6-20(16-37)15-28(29,30)31)14-23(18)21-12-25(24-17-35(3)34-19(24)2)33-26(13-21)36-8-10-39-11-9-36/h4-5,12-14,17,20H,6-11,15-16H2,1-3H3,(H,32,38)/t20-/m0/s1. The number of carbonyl (C=O) groups is 1. The maximum absolute atomic E-state index is 12.9. The van der Waals surface area contributed by atoms with Gasteiger partial charge in [-0.25, -0.2) is 9.78 Å². The van der Waals surface area contributed by atoms with Crippen LogP contribution in [-0.4, -0.2) is 71.3 Å². The van der Waals surface area contributed by atoms with Crippen molar-refractivity contribution in [1.29, 1.82) is 0 Å². The van der Waals surface area contributed by atoms with Gasteiger partial charge in [-0.2, -0.15) is 18.3 Å². The molecule has 11 heteroatoms. The van der Waals surface area contributed by atoms with E-state index in [1.807, 2.05) is 51.4 Å². The predicted octanol–water partition coefficient (Wildman–Crippen LogP) is 5.41. The van der Waals surface area contributed by atoms with Crippen LogP contribution in [0.15, 0.2) is 36.5 Å². The van der Waals surface area contributed by atoms with Crippen molar-refractivity contribution in [2.45, 2.75) is 32.9 Å². The van der Waals surface area contributed by atoms with Crippen LogP contribution in [-0.2, 0) is 11.8 Å². The zero-order chi connectivity index (χ0) is 27.7. The SMILES string of the molecule is Cc1ccc(NC(=O)N2CC[C@@H](CC(F)(F)F)C2)cc1-c1cc(-c2cn(C)nc2C)nc(N2CCOCC2)c1. The van der Waals surface area contributed by atoms with Crippen LogP contribution in [0, 0.1) is 19.8 Å². The lowest BCUT2D eigenvalue weighted by molar-refractivity contribution is -0.143. The van der Waals surface area contributed by atoms with E-state index in [4.69, 9.17) is 9.72 Å². The molecule has 2 aliphatic heterocycles. The van der Waals surface area contributed by atoms with Gasteiger partial charge in [0.05, 0.1) is 24.6 Å². The molecule has 2 amide bonds. The van der Waals surface area contributed by atoms with E-state index < -0.39 is 18.5 Å². The third kappa shape index (κ3) is 6.35. The molecule has 208 valence electrons. The molecule has 1 N–H and O–H groups in total. The third-order valence-electron chi connectivity index (χ3n) is 7.33. The zero-order valence-electron chi connectivity index (χ0n) is 22.4. The number of likely N-dealkylation sites (tertiary alicyclic amines) is 1. The second-order valence-corrected chi connectivity index (χ2v) is 10.4. The predicted molar refractivity (Wildman–Crippen MR) is 144 cm³/mol. The van der Waals surface area contributed by atoms with Gasteiger partial charge in [0.1, 0.15) is 5.82 Å². The summed E-state index contributed by atoms with van der Waals surface area (Å²) in [5, 5.41) is 7.38. The summed E-state index contributed by atoms with van der Waals surface area (Å²) >= 11 is 0. The molecule has 0 aliphatic carbocycles. The fraction of sp³-hybridized carbons (Fsp3) is 0.464. The number of halogens is 3. The van der Waals surface area contributed by atoms with E-state index in [-0.39, 0.29) is 12.6 Å². The lowest BCUT2D eigenvalue weighted by Crippen LogP contribution is -2.36. The summed E-state index contributed by atoms with van der Waals surface area (Å²) < 4.78 is 45.7. The van der Waals surface area contributed by atoms with Crippen LogP contribution in [0.4, 0.5) is 29.5 Å². The molecule has 0 radical (unpaired) electrons. The number of aryl methyl sites for hydroxylation is 3. The van der Waals surface area contributed by atoms with Crippen molar-refractivity contribution in [2.24, 2.45) is 13.0 Å². The lowest BCUT2D eigenvalue weighted by Gasteiger charge is -2.28. The summed E-state index contributed by atoms with van der Waals surface area (Å²) in [6.07, 6.45) is -2.78. The quantitative estimate of drug-likeness (QED) is 0.467. The van der Waals surface area contributed by atoms with Crippen molar-refractivity contribution >= 4 is 17.5 Å². The third-order valence-corrected chi connectivity index (χ3v) is 7.33. The number of alkyl halides is 3. The fourth-order valence-electron chi connectivity index (χ4n) is 5.34. The van der Waals surface area contributed by atoms with Gasteiger partial charge < -0.3 is 19.9 Å². The highest BCUT2D eigenvalue weighted by atomic mass is 19.4. The number of nitrogens with one attached hydrogen (secondary N) is 1. The van der Waals surface area contributed by atoms with Crippen molar-refractivity contribution in [2.75, 3.05) is 49.6 Å². The number of carbonyl (C=O) groups excluding carboxylic acids is 1. The topological polar surface area (TPSA) is 75.5 Å². The van der Waals surface area contributed by atoms with Crippen LogP contribution < -0.4 is 10.2 Å². The Kier molecular flexibility index (Phi) is 7.53. The normalized spacial score (nSPS) is 18.1. The number of aromatic nitrogens is 3. The molecule has 2 aromatic heterocycles. The number of nitrogens with zero attached hydrogens (tertiary/aromatic N) is 5. The molecule has 3 aromatic rings. The molecule has 2 fully saturated rings. The number of anilines is 2. The summed E-state index contributed by atoms with van der Waals surface area (Å²) in [5.41, 5.74) is 6.12. The Morgan fingerprint density at radius 1 is 1.10 bits per heavy atom. The van der Waals surface area contributed by atoms with Crippen LogP contribution >= 0.6 is 0 Å². The van der Waals surface area contributed by atoms with E-state index in [0.29, 0.717) is 31.9 Å². The smallest absolute Gasteiger partial charge is 0.378 e. The molecule has 0 bridgehead atoms. The monoisotopic (exact) mass is 542 g/mol. The summed E-state index contributed by atoms with van der Waals surface area (Å²) in [7, 11) is 1.88. The minimum atomic E-state index is -4.22. The van der Waals surface area contributed by atoms with Gasteiger partial charge in [0.15, 0.2) is 0 Å². The van der Waals surface area contributed by atoms with Gasteiger partial charge in [0, 0.05) is 57.1 Å². The first-order valence-corrected chi connectivity index (χ1v) is 13.1. The van der Waals surface area contributed by atoms with Gasteiger partial charge in [-0.05, 0) is 67.1 Å². The first-order valence-electron chi connectivity index (χ1n) is 13.1. The minimum absolute atomic E-state index is 0.102. The molecule has 2 aliphatic rings. The Hall–Kier alpha value is -3.60. The van der Waals surface area contributed by atoms with Gasteiger partial charge in [0.2, 0.25) is 0 Å². The average Bonchev–Trinajstić information content (AvgIpc) is 3.49. The first-order chi connectivity index (χ1) is 18.6. The van der Waals surface area contributed by atoms with Gasteiger partial charge in [-0.1, -0.05) is 6.07 Å². The molecule has 39 heavy (non-hydrogen) atoms. The maximum Gasteiger partial charge on any atom is 0.389 e. The van der Waals surface area contributed by atoms with Crippen LogP contribution in [0.5, 0.6) is 0 Å². The van der Waals surface area contributed by atoms with Crippen molar-refractivity contribution in [3.05, 3.63) is 47.8 Å². The van der Waals surface area contributed by atoms with Gasteiger partial charge in [0.25, 0.3) is 0 Å². The molecule has 8 nitrogen and oxygen atoms in total. The van der Waals surface area contributed by atoms with Gasteiger partial charge in [-0.3, -0.25) is 4.68 Å². The summed E-state index contributed by atoms with van der Waals surface area (Å²) in [5.74, 6) is 0.282. The molecule has 2 saturated heterocycles. The largest absolute Gasteiger partial charge is 0.389 e. The molecule has 0 saturated carbocycles. The second kappa shape index (κ2) is 10.9. The minimum Gasteiger partial charge on any atom is -0.378 e. The Labute approximate surface area is 225 Å². The van der Waals surface area contributed by atoms with Gasteiger partial charge in [-0.15, -0.1) is 0 Å². The molecule has 0 unspecified atom stereocenters. The fourth-order valence-corrected chi connectivity index (χ4v) is 5.34. The number of urea groups is 1. The zero-order valence-corrected chi connectivity index (χ0v) is 22.4. The van der Waals surface area contributed by atoms with Gasteiger partial charge >= 0.3 is 12.2 Å². The maximum atomic E-state index is 12.9. The first kappa shape index (κ1) is 27.0. The van der Waals surface area contributed by atoms with E-state index >= 15 is 0 Å². The Morgan fingerprint density at radius 2 is 1.87 bits per heavy atom. The highest BCUT2D eigenvalue weighted by molar-refractivity contribution is 5.91. The number of hydrogen-bond acceptors (Lipinski definition) is 5. The second-order valence-electron chi connectivity index (χ2n) is 10.4. The average molecular weight is 543 g/mol. The van der Waals surface area contributed by atoms with Crippen molar-refractivity contribution in [1.82, 2.24) is 19.7 Å². The molecule has 1 atom stereocenters. The molecular weight excluding hydrogens is 509 g/mol. The number of morpholine rings is 1. The number of amides is 2. The van der Waals surface area contributed by atoms with Crippen LogP contribution in [0.1, 0.15) is 24.1 Å². The van der Waals surface area contributed by atoms with E-state index in [2.05, 4.69) is 21.4 Å². The molecule has 4 heterocycles. The number of hydrogen-bond donors (Lipinski definition) is 1. The number of rotatable bonds is 5. The molecular formula is C28H33F3N6O2. The van der Waals surface area contributed by atoms with E-state index in [9.17, 15) is 18.0 Å². The van der Waals surface area contributed by atoms with E-state index in [1.54, 1.807) is 4.68 Å². The Morgan fingerprint density at radius 3 is 2.56 bits per heavy atom. The Balaban J connectivity index is 1.43. The Bertz CT molecular complexity index is 1350. The number of benzene rings is 1. The molecule has 1 aromatic carbocycles. The van der Waals surface area contributed by atoms with Crippen molar-refractivity contribution in [3.63, 3.8) is 0 Å². The molecule has 0 spiro atoms. The van der Waals surface area contributed by atoms with Crippen LogP contribution in [0.2, 0.25) is 0 Å². The van der Waals surface area contributed by atoms with E-state index in [0.717, 1.165) is 52.5 Å². The number of ether oxygens (including phenoxy) is 1. The van der Waals surface area contributed by atoms with Crippen LogP contribution in [0.25, 0.3) is 22.4 Å². The highest BCUT2D eigenvalue weighted by Gasteiger charge is 2.36. The van der Waals surface area contributed by atoms with E-state index in [1.165, 1.54) is 4.90 Å². The summed E-state index contributed by atoms with van der Waals surface area (Å²) in [6, 6.07) is 9.36. The lowest BCUT2D eigenvalue weighted by atomic mass is 9.98. The van der Waals surface area contributed by atoms with Crippen LogP contribution in [0.3, 0.4) is 0 Å². The highest BCUT2D eigenvalue weighted by Crippen LogP contribution is 2.34. The summed E-state index contributed by atoms with van der Waals surface area (Å²) in [6.45, 7) is 7.12. The number of pyridine rings is 1. The summed E-state index contributed by atoms with van der Waals surface area (Å²) in [4.78, 5) is 21.5. The van der Waals surface area contributed by atoms with Crippen molar-refractivity contribution in [3.8, 4) is 22.4 Å². The van der Waals surface area contributed by atoms with Crippen molar-refractivity contribution < 1.29 is 22.7 Å².